The fourth-order valence-corrected chi connectivity index (χ4v) is 3.10. The second kappa shape index (κ2) is 4.30. The Bertz CT molecular complexity index is 707. The van der Waals surface area contributed by atoms with E-state index in [1.54, 1.807) is 19.4 Å². The molecule has 0 aliphatic rings. The van der Waals surface area contributed by atoms with E-state index in [0.717, 1.165) is 10.3 Å². The first kappa shape index (κ1) is 11.6. The standard InChI is InChI=1S/C10H8N4O2S2/c1-5-12-9(16-14-5)6-3-7-8(11-4-6)13-10(17-7)18(2)15/h3-4H,1-2H3. The zero-order valence-corrected chi connectivity index (χ0v) is 11.2. The van der Waals surface area contributed by atoms with Crippen molar-refractivity contribution in [3.8, 4) is 11.5 Å². The van der Waals surface area contributed by atoms with Gasteiger partial charge in [0.05, 0.1) is 10.3 Å². The van der Waals surface area contributed by atoms with Crippen LogP contribution in [0, 0.1) is 6.92 Å². The van der Waals surface area contributed by atoms with Crippen LogP contribution < -0.4 is 0 Å². The van der Waals surface area contributed by atoms with Crippen molar-refractivity contribution in [2.75, 3.05) is 6.26 Å². The van der Waals surface area contributed by atoms with Crippen LogP contribution in [-0.4, -0.2) is 30.9 Å². The number of fused-ring (bicyclic) bond motifs is 1. The van der Waals surface area contributed by atoms with Crippen LogP contribution in [0.3, 0.4) is 0 Å². The molecule has 0 saturated heterocycles. The maximum atomic E-state index is 11.4. The quantitative estimate of drug-likeness (QED) is 0.665. The van der Waals surface area contributed by atoms with Crippen LogP contribution in [0.15, 0.2) is 21.1 Å². The number of hydrogen-bond acceptors (Lipinski definition) is 7. The molecular weight excluding hydrogens is 272 g/mol. The zero-order valence-electron chi connectivity index (χ0n) is 9.58. The van der Waals surface area contributed by atoms with E-state index in [1.807, 2.05) is 6.07 Å². The van der Waals surface area contributed by atoms with Crippen LogP contribution >= 0.6 is 11.3 Å². The third kappa shape index (κ3) is 1.98. The van der Waals surface area contributed by atoms with Crippen LogP contribution in [0.4, 0.5) is 0 Å². The first-order valence-corrected chi connectivity index (χ1v) is 7.41. The van der Waals surface area contributed by atoms with Gasteiger partial charge < -0.3 is 9.08 Å². The number of aromatic nitrogens is 4. The molecule has 8 heteroatoms. The molecule has 0 saturated carbocycles. The number of thiazole rings is 1. The van der Waals surface area contributed by atoms with Gasteiger partial charge in [0, 0.05) is 17.4 Å². The molecule has 92 valence electrons. The Labute approximate surface area is 109 Å². The van der Waals surface area contributed by atoms with Gasteiger partial charge in [-0.3, -0.25) is 0 Å². The van der Waals surface area contributed by atoms with Gasteiger partial charge >= 0.3 is 4.34 Å². The number of pyridine rings is 1. The van der Waals surface area contributed by atoms with Crippen molar-refractivity contribution in [3.05, 3.63) is 18.1 Å². The Morgan fingerprint density at radius 3 is 2.89 bits per heavy atom. The lowest BCUT2D eigenvalue weighted by atomic mass is 10.3. The molecule has 1 atom stereocenters. The van der Waals surface area contributed by atoms with Gasteiger partial charge in [0.1, 0.15) is 6.26 Å². The molecule has 3 aromatic heterocycles. The van der Waals surface area contributed by atoms with E-state index in [-0.39, 0.29) is 0 Å². The lowest BCUT2D eigenvalue weighted by Gasteiger charge is -1.94. The minimum atomic E-state index is -1.09. The Morgan fingerprint density at radius 2 is 2.22 bits per heavy atom. The molecule has 0 spiro atoms. The van der Waals surface area contributed by atoms with Crippen molar-refractivity contribution in [3.63, 3.8) is 0 Å². The zero-order chi connectivity index (χ0) is 12.7. The lowest BCUT2D eigenvalue weighted by molar-refractivity contribution is 0.425. The van der Waals surface area contributed by atoms with E-state index in [9.17, 15) is 4.55 Å². The van der Waals surface area contributed by atoms with Crippen molar-refractivity contribution in [2.45, 2.75) is 11.3 Å². The summed E-state index contributed by atoms with van der Waals surface area (Å²) in [5.41, 5.74) is 1.32. The molecule has 1 unspecified atom stereocenters. The monoisotopic (exact) mass is 280 g/mol. The highest BCUT2D eigenvalue weighted by Gasteiger charge is 2.15. The maximum Gasteiger partial charge on any atom is 0.303 e. The molecule has 0 fully saturated rings. The largest absolute Gasteiger partial charge is 0.610 e. The average Bonchev–Trinajstić information content (AvgIpc) is 2.93. The molecule has 0 aliphatic heterocycles. The van der Waals surface area contributed by atoms with Crippen molar-refractivity contribution in [1.82, 2.24) is 20.1 Å². The van der Waals surface area contributed by atoms with E-state index in [2.05, 4.69) is 20.1 Å². The summed E-state index contributed by atoms with van der Waals surface area (Å²) in [7, 11) is 0. The van der Waals surface area contributed by atoms with Crippen molar-refractivity contribution >= 4 is 32.9 Å². The van der Waals surface area contributed by atoms with Crippen molar-refractivity contribution in [1.29, 1.82) is 0 Å². The number of aryl methyl sites for hydroxylation is 1. The highest BCUT2D eigenvalue weighted by molar-refractivity contribution is 7.92. The molecule has 0 radical (unpaired) electrons. The highest BCUT2D eigenvalue weighted by atomic mass is 32.2. The Kier molecular flexibility index (Phi) is 2.77. The minimum Gasteiger partial charge on any atom is -0.610 e. The molecule has 0 amide bonds. The van der Waals surface area contributed by atoms with E-state index < -0.39 is 11.2 Å². The van der Waals surface area contributed by atoms with Crippen molar-refractivity contribution in [2.24, 2.45) is 0 Å². The van der Waals surface area contributed by atoms with Crippen molar-refractivity contribution < 1.29 is 9.08 Å². The van der Waals surface area contributed by atoms with Crippen LogP contribution in [0.2, 0.25) is 0 Å². The van der Waals surface area contributed by atoms with Crippen LogP contribution in [0.1, 0.15) is 5.82 Å². The van der Waals surface area contributed by atoms with Gasteiger partial charge in [-0.05, 0) is 13.0 Å². The summed E-state index contributed by atoms with van der Waals surface area (Å²) in [4.78, 5) is 12.5. The smallest absolute Gasteiger partial charge is 0.303 e. The first-order chi connectivity index (χ1) is 8.63. The molecule has 18 heavy (non-hydrogen) atoms. The van der Waals surface area contributed by atoms with Gasteiger partial charge in [0.2, 0.25) is 0 Å². The summed E-state index contributed by atoms with van der Waals surface area (Å²) < 4.78 is 17.9. The SMILES string of the molecule is Cc1noc(-c2cnc3nc([S+](C)[O-])sc3c2)n1. The number of hydrogen-bond donors (Lipinski definition) is 0. The molecule has 0 aromatic carbocycles. The predicted octanol–water partition coefficient (Wildman–Crippen LogP) is 1.79. The molecule has 0 bridgehead atoms. The first-order valence-electron chi connectivity index (χ1n) is 5.04. The van der Waals surface area contributed by atoms with Gasteiger partial charge in [0.15, 0.2) is 11.5 Å². The Hall–Kier alpha value is -1.51. The van der Waals surface area contributed by atoms with Gasteiger partial charge in [0.25, 0.3) is 5.89 Å². The molecular formula is C10H8N4O2S2. The van der Waals surface area contributed by atoms with Gasteiger partial charge in [-0.2, -0.15) is 9.97 Å². The van der Waals surface area contributed by atoms with E-state index in [4.69, 9.17) is 4.52 Å². The molecule has 0 aliphatic carbocycles. The molecule has 0 N–H and O–H groups in total. The second-order valence-electron chi connectivity index (χ2n) is 3.63. The average molecular weight is 280 g/mol. The van der Waals surface area contributed by atoms with Gasteiger partial charge in [-0.25, -0.2) is 4.98 Å². The Balaban J connectivity index is 2.10. The predicted molar refractivity (Wildman–Crippen MR) is 67.8 cm³/mol. The summed E-state index contributed by atoms with van der Waals surface area (Å²) in [5.74, 6) is 0.999. The second-order valence-corrected chi connectivity index (χ2v) is 6.21. The van der Waals surface area contributed by atoms with E-state index in [1.165, 1.54) is 11.3 Å². The normalized spacial score (nSPS) is 13.1. The van der Waals surface area contributed by atoms with Crippen LogP contribution in [0.5, 0.6) is 0 Å². The van der Waals surface area contributed by atoms with E-state index >= 15 is 0 Å². The summed E-state index contributed by atoms with van der Waals surface area (Å²) in [5, 5.41) is 3.73. The summed E-state index contributed by atoms with van der Waals surface area (Å²) in [6.07, 6.45) is 3.22. The van der Waals surface area contributed by atoms with Crippen LogP contribution in [0.25, 0.3) is 21.8 Å². The van der Waals surface area contributed by atoms with Gasteiger partial charge in [-0.15, -0.1) is 0 Å². The molecule has 6 nitrogen and oxygen atoms in total. The summed E-state index contributed by atoms with van der Waals surface area (Å²) in [6.45, 7) is 1.75. The van der Waals surface area contributed by atoms with Gasteiger partial charge in [-0.1, -0.05) is 16.5 Å². The third-order valence-corrected chi connectivity index (χ3v) is 4.57. The summed E-state index contributed by atoms with van der Waals surface area (Å²) >= 11 is 0.265. The third-order valence-electron chi connectivity index (χ3n) is 2.25. The fraction of sp³-hybridized carbons (Fsp3) is 0.200. The van der Waals surface area contributed by atoms with E-state index in [0.29, 0.717) is 21.7 Å². The molecule has 3 aromatic rings. The fourth-order valence-electron chi connectivity index (χ4n) is 1.45. The molecule has 3 rings (SSSR count). The number of nitrogens with zero attached hydrogens (tertiary/aromatic N) is 4. The maximum absolute atomic E-state index is 11.4. The summed E-state index contributed by atoms with van der Waals surface area (Å²) in [6, 6.07) is 1.86. The molecule has 3 heterocycles. The topological polar surface area (TPSA) is 87.8 Å². The van der Waals surface area contributed by atoms with Crippen LogP contribution in [-0.2, 0) is 11.2 Å². The minimum absolute atomic E-state index is 0.425. The highest BCUT2D eigenvalue weighted by Crippen LogP contribution is 2.27. The number of rotatable bonds is 2. The lowest BCUT2D eigenvalue weighted by Crippen LogP contribution is -1.95. The Morgan fingerprint density at radius 1 is 1.39 bits per heavy atom.